The van der Waals surface area contributed by atoms with Gasteiger partial charge in [0, 0.05) is 30.6 Å². The summed E-state index contributed by atoms with van der Waals surface area (Å²) in [6, 6.07) is 4.02. The second-order valence-electron chi connectivity index (χ2n) is 6.06. The summed E-state index contributed by atoms with van der Waals surface area (Å²) in [4.78, 5) is 22.1. The summed E-state index contributed by atoms with van der Waals surface area (Å²) in [5.41, 5.74) is 2.86. The number of nitrogens with zero attached hydrogens (tertiary/aromatic N) is 2. The SMILES string of the molecule is CCCc1cc(-c2nc(C)c(C(=O)NCC3CCCO3)s2)ccn1. The van der Waals surface area contributed by atoms with Crippen LogP contribution in [-0.4, -0.2) is 35.1 Å². The van der Waals surface area contributed by atoms with E-state index in [1.165, 1.54) is 11.3 Å². The first kappa shape index (κ1) is 17.0. The van der Waals surface area contributed by atoms with Crippen LogP contribution in [0.2, 0.25) is 0 Å². The van der Waals surface area contributed by atoms with E-state index in [4.69, 9.17) is 4.74 Å². The van der Waals surface area contributed by atoms with Gasteiger partial charge in [0.05, 0.1) is 11.8 Å². The molecule has 2 aromatic heterocycles. The van der Waals surface area contributed by atoms with E-state index in [0.29, 0.717) is 11.4 Å². The molecule has 1 atom stereocenters. The van der Waals surface area contributed by atoms with Crippen molar-refractivity contribution in [3.8, 4) is 10.6 Å². The van der Waals surface area contributed by atoms with Gasteiger partial charge < -0.3 is 10.1 Å². The second kappa shape index (κ2) is 7.85. The molecule has 6 heteroatoms. The van der Waals surface area contributed by atoms with Crippen molar-refractivity contribution in [2.45, 2.75) is 45.6 Å². The molecule has 0 radical (unpaired) electrons. The minimum Gasteiger partial charge on any atom is -0.376 e. The third-order valence-corrected chi connectivity index (χ3v) is 5.29. The molecule has 0 bridgehead atoms. The quantitative estimate of drug-likeness (QED) is 0.872. The maximum absolute atomic E-state index is 12.4. The third-order valence-electron chi connectivity index (χ3n) is 4.09. The van der Waals surface area contributed by atoms with Crippen LogP contribution in [0.3, 0.4) is 0 Å². The van der Waals surface area contributed by atoms with E-state index in [2.05, 4.69) is 28.3 Å². The zero-order valence-corrected chi connectivity index (χ0v) is 15.0. The van der Waals surface area contributed by atoms with Crippen molar-refractivity contribution in [3.05, 3.63) is 34.6 Å². The Kier molecular flexibility index (Phi) is 5.58. The average Bonchev–Trinajstić information content (AvgIpc) is 3.23. The summed E-state index contributed by atoms with van der Waals surface area (Å²) in [7, 11) is 0. The van der Waals surface area contributed by atoms with Gasteiger partial charge in [0.2, 0.25) is 0 Å². The van der Waals surface area contributed by atoms with Crippen LogP contribution in [0.4, 0.5) is 0 Å². The molecule has 1 unspecified atom stereocenters. The average molecular weight is 345 g/mol. The minimum absolute atomic E-state index is 0.0606. The number of aryl methyl sites for hydroxylation is 2. The largest absolute Gasteiger partial charge is 0.376 e. The van der Waals surface area contributed by atoms with E-state index in [0.717, 1.165) is 54.2 Å². The molecular formula is C18H23N3O2S. The molecule has 1 saturated heterocycles. The Morgan fingerprint density at radius 2 is 2.38 bits per heavy atom. The fraction of sp³-hybridized carbons (Fsp3) is 0.500. The smallest absolute Gasteiger partial charge is 0.263 e. The van der Waals surface area contributed by atoms with E-state index in [1.54, 1.807) is 0 Å². The zero-order chi connectivity index (χ0) is 16.9. The Morgan fingerprint density at radius 3 is 3.12 bits per heavy atom. The fourth-order valence-electron chi connectivity index (χ4n) is 2.83. The lowest BCUT2D eigenvalue weighted by molar-refractivity contribution is 0.0860. The number of aromatic nitrogens is 2. The summed E-state index contributed by atoms with van der Waals surface area (Å²) in [6.45, 7) is 5.39. The van der Waals surface area contributed by atoms with Gasteiger partial charge in [-0.2, -0.15) is 0 Å². The van der Waals surface area contributed by atoms with Crippen molar-refractivity contribution in [3.63, 3.8) is 0 Å². The van der Waals surface area contributed by atoms with Crippen LogP contribution in [0.5, 0.6) is 0 Å². The number of carbonyl (C=O) groups is 1. The molecule has 3 heterocycles. The molecule has 128 valence electrons. The minimum atomic E-state index is -0.0606. The number of thiazole rings is 1. The maximum atomic E-state index is 12.4. The van der Waals surface area contributed by atoms with Crippen molar-refractivity contribution in [1.82, 2.24) is 15.3 Å². The van der Waals surface area contributed by atoms with Crippen LogP contribution in [0.1, 0.15) is 47.2 Å². The Balaban J connectivity index is 1.72. The van der Waals surface area contributed by atoms with Crippen LogP contribution >= 0.6 is 11.3 Å². The highest BCUT2D eigenvalue weighted by Gasteiger charge is 2.20. The zero-order valence-electron chi connectivity index (χ0n) is 14.2. The number of ether oxygens (including phenoxy) is 1. The molecule has 1 amide bonds. The Bertz CT molecular complexity index is 708. The lowest BCUT2D eigenvalue weighted by Crippen LogP contribution is -2.31. The van der Waals surface area contributed by atoms with E-state index in [1.807, 2.05) is 19.2 Å². The molecule has 1 N–H and O–H groups in total. The number of hydrogen-bond donors (Lipinski definition) is 1. The summed E-state index contributed by atoms with van der Waals surface area (Å²) < 4.78 is 5.55. The summed E-state index contributed by atoms with van der Waals surface area (Å²) >= 11 is 1.44. The van der Waals surface area contributed by atoms with E-state index >= 15 is 0 Å². The Labute approximate surface area is 146 Å². The van der Waals surface area contributed by atoms with Crippen LogP contribution in [0.25, 0.3) is 10.6 Å². The number of carbonyl (C=O) groups excluding carboxylic acids is 1. The van der Waals surface area contributed by atoms with Gasteiger partial charge in [-0.05, 0) is 38.3 Å². The predicted octanol–water partition coefficient (Wildman–Crippen LogP) is 3.37. The number of nitrogens with one attached hydrogen (secondary N) is 1. The first-order valence-electron chi connectivity index (χ1n) is 8.50. The molecule has 0 aromatic carbocycles. The first-order chi connectivity index (χ1) is 11.7. The van der Waals surface area contributed by atoms with Crippen molar-refractivity contribution >= 4 is 17.2 Å². The molecule has 3 rings (SSSR count). The van der Waals surface area contributed by atoms with E-state index in [-0.39, 0.29) is 12.0 Å². The van der Waals surface area contributed by atoms with Crippen molar-refractivity contribution in [2.75, 3.05) is 13.2 Å². The van der Waals surface area contributed by atoms with Gasteiger partial charge in [0.15, 0.2) is 0 Å². The fourth-order valence-corrected chi connectivity index (χ4v) is 3.81. The van der Waals surface area contributed by atoms with Gasteiger partial charge >= 0.3 is 0 Å². The summed E-state index contributed by atoms with van der Waals surface area (Å²) in [5.74, 6) is -0.0606. The van der Waals surface area contributed by atoms with Gasteiger partial charge in [0.25, 0.3) is 5.91 Å². The van der Waals surface area contributed by atoms with Crippen LogP contribution < -0.4 is 5.32 Å². The van der Waals surface area contributed by atoms with Gasteiger partial charge in [-0.15, -0.1) is 11.3 Å². The van der Waals surface area contributed by atoms with Crippen LogP contribution in [0.15, 0.2) is 18.3 Å². The van der Waals surface area contributed by atoms with Gasteiger partial charge in [-0.3, -0.25) is 9.78 Å². The number of pyridine rings is 1. The van der Waals surface area contributed by atoms with Crippen molar-refractivity contribution in [2.24, 2.45) is 0 Å². The summed E-state index contributed by atoms with van der Waals surface area (Å²) in [5, 5.41) is 3.84. The molecule has 0 saturated carbocycles. The van der Waals surface area contributed by atoms with Crippen molar-refractivity contribution < 1.29 is 9.53 Å². The number of hydrogen-bond acceptors (Lipinski definition) is 5. The second-order valence-corrected chi connectivity index (χ2v) is 7.06. The summed E-state index contributed by atoms with van der Waals surface area (Å²) in [6.07, 6.45) is 6.07. The van der Waals surface area contributed by atoms with Gasteiger partial charge in [0.1, 0.15) is 9.88 Å². The highest BCUT2D eigenvalue weighted by Crippen LogP contribution is 2.28. The molecule has 0 aliphatic carbocycles. The van der Waals surface area contributed by atoms with Gasteiger partial charge in [-0.1, -0.05) is 13.3 Å². The van der Waals surface area contributed by atoms with Crippen LogP contribution in [0, 0.1) is 6.92 Å². The Hall–Kier alpha value is -1.79. The lowest BCUT2D eigenvalue weighted by Gasteiger charge is -2.09. The van der Waals surface area contributed by atoms with Crippen LogP contribution in [-0.2, 0) is 11.2 Å². The topological polar surface area (TPSA) is 64.1 Å². The molecule has 5 nitrogen and oxygen atoms in total. The first-order valence-corrected chi connectivity index (χ1v) is 9.31. The lowest BCUT2D eigenvalue weighted by atomic mass is 10.2. The monoisotopic (exact) mass is 345 g/mol. The molecule has 1 fully saturated rings. The van der Waals surface area contributed by atoms with Crippen molar-refractivity contribution in [1.29, 1.82) is 0 Å². The highest BCUT2D eigenvalue weighted by molar-refractivity contribution is 7.17. The van der Waals surface area contributed by atoms with Gasteiger partial charge in [-0.25, -0.2) is 4.98 Å². The number of rotatable bonds is 6. The normalized spacial score (nSPS) is 17.2. The maximum Gasteiger partial charge on any atom is 0.263 e. The molecule has 24 heavy (non-hydrogen) atoms. The standard InChI is InChI=1S/C18H23N3O2S/c1-3-5-14-10-13(7-8-19-14)18-21-12(2)16(24-18)17(22)20-11-15-6-4-9-23-15/h7-8,10,15H,3-6,9,11H2,1-2H3,(H,20,22). The molecular weight excluding hydrogens is 322 g/mol. The predicted molar refractivity (Wildman–Crippen MR) is 95.4 cm³/mol. The molecule has 1 aliphatic rings. The third kappa shape index (κ3) is 3.99. The highest BCUT2D eigenvalue weighted by atomic mass is 32.1. The van der Waals surface area contributed by atoms with E-state index in [9.17, 15) is 4.79 Å². The number of amides is 1. The molecule has 2 aromatic rings. The molecule has 1 aliphatic heterocycles. The molecule has 0 spiro atoms. The Morgan fingerprint density at radius 1 is 1.50 bits per heavy atom. The van der Waals surface area contributed by atoms with E-state index < -0.39 is 0 Å².